The van der Waals surface area contributed by atoms with E-state index in [2.05, 4.69) is 14.8 Å². The van der Waals surface area contributed by atoms with E-state index in [1.807, 2.05) is 36.4 Å². The average molecular weight is 452 g/mol. The standard InChI is InChI=1S/C23H25N5O3S/c1-30-17-10-8-16(9-11-17)18-14-19(20-6-5-13-31-20)28(26-18)22(29)15-32-23-25-24-21-7-3-2-4-12-27(21)23/h5-6,8-11,13,19H,2-4,7,12,14-15H2,1H3/t19-/m1/s1. The number of aryl methyl sites for hydroxylation is 1. The van der Waals surface area contributed by atoms with Gasteiger partial charge in [-0.25, -0.2) is 5.01 Å². The topological polar surface area (TPSA) is 85.8 Å². The number of rotatable bonds is 6. The lowest BCUT2D eigenvalue weighted by atomic mass is 10.0. The van der Waals surface area contributed by atoms with Gasteiger partial charge >= 0.3 is 0 Å². The number of carbonyl (C=O) groups is 1. The predicted molar refractivity (Wildman–Crippen MR) is 121 cm³/mol. The van der Waals surface area contributed by atoms with E-state index >= 15 is 0 Å². The minimum Gasteiger partial charge on any atom is -0.497 e. The Kier molecular flexibility index (Phi) is 5.98. The number of nitrogens with zero attached hydrogens (tertiary/aromatic N) is 5. The number of carbonyl (C=O) groups excluding carboxylic acids is 1. The van der Waals surface area contributed by atoms with Crippen molar-refractivity contribution in [1.29, 1.82) is 0 Å². The summed E-state index contributed by atoms with van der Waals surface area (Å²) in [6.07, 6.45) is 6.63. The monoisotopic (exact) mass is 451 g/mol. The zero-order valence-electron chi connectivity index (χ0n) is 17.9. The van der Waals surface area contributed by atoms with Crippen molar-refractivity contribution in [1.82, 2.24) is 19.8 Å². The first-order chi connectivity index (χ1) is 15.7. The summed E-state index contributed by atoms with van der Waals surface area (Å²) in [7, 11) is 1.64. The van der Waals surface area contributed by atoms with E-state index in [9.17, 15) is 4.79 Å². The highest BCUT2D eigenvalue weighted by molar-refractivity contribution is 7.99. The number of aromatic nitrogens is 3. The SMILES string of the molecule is COc1ccc(C2=NN(C(=O)CSc3nnc4n3CCCCC4)[C@@H](c3ccco3)C2)cc1. The van der Waals surface area contributed by atoms with Crippen LogP contribution in [-0.4, -0.2) is 44.3 Å². The molecule has 0 spiro atoms. The van der Waals surface area contributed by atoms with Gasteiger partial charge in [-0.1, -0.05) is 18.2 Å². The molecule has 2 aliphatic rings. The Morgan fingerprint density at radius 3 is 2.84 bits per heavy atom. The van der Waals surface area contributed by atoms with Gasteiger partial charge < -0.3 is 13.7 Å². The number of hydrogen-bond acceptors (Lipinski definition) is 7. The van der Waals surface area contributed by atoms with Crippen LogP contribution < -0.4 is 4.74 Å². The maximum atomic E-state index is 13.2. The van der Waals surface area contributed by atoms with Gasteiger partial charge in [-0.3, -0.25) is 4.79 Å². The fourth-order valence-electron chi connectivity index (χ4n) is 4.16. The normalized spacial score (nSPS) is 18.2. The number of furan rings is 1. The third-order valence-corrected chi connectivity index (χ3v) is 6.81. The molecule has 9 heteroatoms. The zero-order chi connectivity index (χ0) is 21.9. The Morgan fingerprint density at radius 1 is 1.19 bits per heavy atom. The lowest BCUT2D eigenvalue weighted by Gasteiger charge is -2.19. The van der Waals surface area contributed by atoms with Gasteiger partial charge in [-0.05, 0) is 54.8 Å². The number of hydrazone groups is 1. The van der Waals surface area contributed by atoms with Gasteiger partial charge in [-0.15, -0.1) is 10.2 Å². The molecule has 0 radical (unpaired) electrons. The molecule has 1 aromatic carbocycles. The first-order valence-electron chi connectivity index (χ1n) is 10.8. The number of fused-ring (bicyclic) bond motifs is 1. The van der Waals surface area contributed by atoms with Gasteiger partial charge in [-0.2, -0.15) is 5.10 Å². The van der Waals surface area contributed by atoms with Crippen molar-refractivity contribution in [2.45, 2.75) is 49.8 Å². The third-order valence-electron chi connectivity index (χ3n) is 5.86. The molecule has 0 unspecified atom stereocenters. The number of benzene rings is 1. The van der Waals surface area contributed by atoms with E-state index in [0.29, 0.717) is 6.42 Å². The van der Waals surface area contributed by atoms with Gasteiger partial charge in [0, 0.05) is 19.4 Å². The quantitative estimate of drug-likeness (QED) is 0.525. The van der Waals surface area contributed by atoms with Crippen molar-refractivity contribution in [2.24, 2.45) is 5.10 Å². The van der Waals surface area contributed by atoms with Crippen molar-refractivity contribution in [2.75, 3.05) is 12.9 Å². The molecule has 0 fully saturated rings. The van der Waals surface area contributed by atoms with Crippen molar-refractivity contribution < 1.29 is 13.9 Å². The lowest BCUT2D eigenvalue weighted by Crippen LogP contribution is -2.28. The molecular formula is C23H25N5O3S. The van der Waals surface area contributed by atoms with E-state index < -0.39 is 0 Å². The molecule has 2 aliphatic heterocycles. The Labute approximate surface area is 190 Å². The molecule has 0 saturated carbocycles. The van der Waals surface area contributed by atoms with Gasteiger partial charge in [0.05, 0.1) is 24.8 Å². The minimum atomic E-state index is -0.259. The summed E-state index contributed by atoms with van der Waals surface area (Å²) >= 11 is 1.43. The number of ether oxygens (including phenoxy) is 1. The molecule has 5 rings (SSSR count). The maximum Gasteiger partial charge on any atom is 0.253 e. The number of hydrogen-bond donors (Lipinski definition) is 0. The lowest BCUT2D eigenvalue weighted by molar-refractivity contribution is -0.130. The summed E-state index contributed by atoms with van der Waals surface area (Å²) in [6, 6.07) is 11.2. The predicted octanol–water partition coefficient (Wildman–Crippen LogP) is 4.08. The summed E-state index contributed by atoms with van der Waals surface area (Å²) in [5, 5.41) is 15.7. The van der Waals surface area contributed by atoms with Gasteiger partial charge in [0.1, 0.15) is 23.4 Å². The molecule has 1 amide bonds. The largest absolute Gasteiger partial charge is 0.497 e. The van der Waals surface area contributed by atoms with E-state index in [4.69, 9.17) is 14.3 Å². The van der Waals surface area contributed by atoms with Crippen molar-refractivity contribution >= 4 is 23.4 Å². The molecule has 4 heterocycles. The van der Waals surface area contributed by atoms with Gasteiger partial charge in [0.2, 0.25) is 0 Å². The number of amides is 1. The first kappa shape index (κ1) is 20.8. The van der Waals surface area contributed by atoms with E-state index in [1.54, 1.807) is 18.4 Å². The van der Waals surface area contributed by atoms with Crippen LogP contribution in [0, 0.1) is 0 Å². The fourth-order valence-corrected chi connectivity index (χ4v) is 4.99. The summed E-state index contributed by atoms with van der Waals surface area (Å²) in [5.41, 5.74) is 1.82. The Hall–Kier alpha value is -3.07. The minimum absolute atomic E-state index is 0.0779. The molecule has 32 heavy (non-hydrogen) atoms. The van der Waals surface area contributed by atoms with Gasteiger partial charge in [0.25, 0.3) is 5.91 Å². The van der Waals surface area contributed by atoms with Crippen molar-refractivity contribution in [3.05, 3.63) is 59.8 Å². The molecule has 1 atom stereocenters. The average Bonchev–Trinajstić information content (AvgIpc) is 3.55. The van der Waals surface area contributed by atoms with Crippen LogP contribution in [0.1, 0.15) is 48.9 Å². The van der Waals surface area contributed by atoms with Crippen LogP contribution in [0.15, 0.2) is 57.3 Å². The fraction of sp³-hybridized carbons (Fsp3) is 0.391. The highest BCUT2D eigenvalue weighted by atomic mass is 32.2. The van der Waals surface area contributed by atoms with Crippen LogP contribution in [0.4, 0.5) is 0 Å². The molecule has 166 valence electrons. The van der Waals surface area contributed by atoms with Crippen LogP contribution in [-0.2, 0) is 17.8 Å². The van der Waals surface area contributed by atoms with Crippen LogP contribution in [0.5, 0.6) is 5.75 Å². The second-order valence-electron chi connectivity index (χ2n) is 7.90. The zero-order valence-corrected chi connectivity index (χ0v) is 18.8. The summed E-state index contributed by atoms with van der Waals surface area (Å²) < 4.78 is 13.0. The second-order valence-corrected chi connectivity index (χ2v) is 8.84. The molecule has 0 bridgehead atoms. The summed E-state index contributed by atoms with van der Waals surface area (Å²) in [5.74, 6) is 2.70. The summed E-state index contributed by atoms with van der Waals surface area (Å²) in [6.45, 7) is 0.914. The first-order valence-corrected chi connectivity index (χ1v) is 11.8. The maximum absolute atomic E-state index is 13.2. The number of methoxy groups -OCH3 is 1. The van der Waals surface area contributed by atoms with Crippen LogP contribution in [0.2, 0.25) is 0 Å². The van der Waals surface area contributed by atoms with Crippen molar-refractivity contribution in [3.63, 3.8) is 0 Å². The van der Waals surface area contributed by atoms with Crippen LogP contribution >= 0.6 is 11.8 Å². The third kappa shape index (κ3) is 4.17. The van der Waals surface area contributed by atoms with Crippen LogP contribution in [0.25, 0.3) is 0 Å². The number of thioether (sulfide) groups is 1. The molecule has 2 aromatic heterocycles. The molecule has 3 aromatic rings. The molecule has 8 nitrogen and oxygen atoms in total. The van der Waals surface area contributed by atoms with E-state index in [1.165, 1.54) is 18.2 Å². The van der Waals surface area contributed by atoms with Crippen molar-refractivity contribution in [3.8, 4) is 5.75 Å². The van der Waals surface area contributed by atoms with Crippen LogP contribution in [0.3, 0.4) is 0 Å². The Balaban J connectivity index is 1.34. The highest BCUT2D eigenvalue weighted by Gasteiger charge is 2.35. The molecule has 0 N–H and O–H groups in total. The Morgan fingerprint density at radius 2 is 2.06 bits per heavy atom. The highest BCUT2D eigenvalue weighted by Crippen LogP contribution is 2.34. The van der Waals surface area contributed by atoms with E-state index in [-0.39, 0.29) is 17.7 Å². The van der Waals surface area contributed by atoms with Gasteiger partial charge in [0.15, 0.2) is 5.16 Å². The smallest absolute Gasteiger partial charge is 0.253 e. The summed E-state index contributed by atoms with van der Waals surface area (Å²) in [4.78, 5) is 13.2. The van der Waals surface area contributed by atoms with E-state index in [0.717, 1.165) is 59.6 Å². The molecule has 0 saturated heterocycles. The molecular weight excluding hydrogens is 426 g/mol. The Bertz CT molecular complexity index is 1110. The molecule has 0 aliphatic carbocycles. The second kappa shape index (κ2) is 9.20.